The third-order valence-electron chi connectivity index (χ3n) is 3.44. The highest BCUT2D eigenvalue weighted by molar-refractivity contribution is 8.26. The molecule has 22 heavy (non-hydrogen) atoms. The highest BCUT2D eigenvalue weighted by Crippen LogP contribution is 2.32. The van der Waals surface area contributed by atoms with Gasteiger partial charge in [0.25, 0.3) is 5.91 Å². The third-order valence-corrected chi connectivity index (χ3v) is 4.82. The molecular weight excluding hydrogens is 310 g/mol. The molecule has 1 aliphatic heterocycles. The molecule has 1 aliphatic rings. The molecule has 0 atom stereocenters. The molecule has 4 heteroatoms. The lowest BCUT2D eigenvalue weighted by molar-refractivity contribution is -0.122. The number of thioether (sulfide) groups is 1. The van der Waals surface area contributed by atoms with Gasteiger partial charge in [-0.25, -0.2) is 0 Å². The van der Waals surface area contributed by atoms with Gasteiger partial charge in [0.15, 0.2) is 0 Å². The van der Waals surface area contributed by atoms with Crippen LogP contribution in [0.5, 0.6) is 0 Å². The van der Waals surface area contributed by atoms with E-state index < -0.39 is 0 Å². The first-order chi connectivity index (χ1) is 10.7. The highest BCUT2D eigenvalue weighted by Gasteiger charge is 2.31. The van der Waals surface area contributed by atoms with Crippen LogP contribution in [0, 0.1) is 0 Å². The molecule has 0 N–H and O–H groups in total. The lowest BCUT2D eigenvalue weighted by atomic mass is 10.1. The molecule has 0 saturated carbocycles. The summed E-state index contributed by atoms with van der Waals surface area (Å²) in [5.41, 5.74) is 2.23. The Morgan fingerprint density at radius 2 is 1.64 bits per heavy atom. The smallest absolute Gasteiger partial charge is 0.266 e. The average Bonchev–Trinajstić information content (AvgIpc) is 2.81. The molecule has 1 amide bonds. The summed E-state index contributed by atoms with van der Waals surface area (Å²) in [4.78, 5) is 14.9. The van der Waals surface area contributed by atoms with Crippen molar-refractivity contribution in [2.24, 2.45) is 0 Å². The number of amides is 1. The van der Waals surface area contributed by atoms with Gasteiger partial charge in [0, 0.05) is 6.54 Å². The van der Waals surface area contributed by atoms with Crippen molar-refractivity contribution in [1.29, 1.82) is 0 Å². The van der Waals surface area contributed by atoms with E-state index in [1.54, 1.807) is 4.90 Å². The van der Waals surface area contributed by atoms with E-state index in [4.69, 9.17) is 12.2 Å². The zero-order valence-electron chi connectivity index (χ0n) is 11.9. The minimum absolute atomic E-state index is 0.00906. The maximum absolute atomic E-state index is 12.5. The molecule has 0 bridgehead atoms. The summed E-state index contributed by atoms with van der Waals surface area (Å²) in [7, 11) is 0. The topological polar surface area (TPSA) is 20.3 Å². The summed E-state index contributed by atoms with van der Waals surface area (Å²) in [6.45, 7) is 0.626. The second kappa shape index (κ2) is 6.90. The summed E-state index contributed by atoms with van der Waals surface area (Å²) >= 11 is 6.73. The van der Waals surface area contributed by atoms with Gasteiger partial charge in [-0.15, -0.1) is 0 Å². The van der Waals surface area contributed by atoms with Crippen molar-refractivity contribution in [1.82, 2.24) is 4.90 Å². The summed E-state index contributed by atoms with van der Waals surface area (Å²) in [5, 5.41) is 0. The number of hydrogen-bond donors (Lipinski definition) is 0. The van der Waals surface area contributed by atoms with Gasteiger partial charge >= 0.3 is 0 Å². The molecule has 0 aliphatic carbocycles. The maximum atomic E-state index is 12.5. The van der Waals surface area contributed by atoms with Crippen molar-refractivity contribution in [2.75, 3.05) is 6.54 Å². The summed E-state index contributed by atoms with van der Waals surface area (Å²) in [5.74, 6) is 0.00906. The summed E-state index contributed by atoms with van der Waals surface area (Å²) in [6.07, 6.45) is 2.72. The Morgan fingerprint density at radius 3 is 2.32 bits per heavy atom. The Morgan fingerprint density at radius 1 is 1.00 bits per heavy atom. The van der Waals surface area contributed by atoms with Crippen molar-refractivity contribution in [3.8, 4) is 0 Å². The van der Waals surface area contributed by atoms with Crippen LogP contribution in [0.1, 0.15) is 11.1 Å². The predicted octanol–water partition coefficient (Wildman–Crippen LogP) is 4.13. The van der Waals surface area contributed by atoms with Crippen LogP contribution in [-0.4, -0.2) is 21.7 Å². The Balaban J connectivity index is 1.71. The molecule has 1 saturated heterocycles. The average molecular weight is 325 g/mol. The lowest BCUT2D eigenvalue weighted by Gasteiger charge is -2.14. The van der Waals surface area contributed by atoms with E-state index in [9.17, 15) is 4.79 Å². The van der Waals surface area contributed by atoms with Crippen LogP contribution in [0.25, 0.3) is 6.08 Å². The van der Waals surface area contributed by atoms with Crippen LogP contribution in [0.2, 0.25) is 0 Å². The van der Waals surface area contributed by atoms with E-state index in [0.29, 0.717) is 15.8 Å². The van der Waals surface area contributed by atoms with Gasteiger partial charge in [-0.05, 0) is 23.6 Å². The minimum Gasteiger partial charge on any atom is -0.293 e. The molecule has 110 valence electrons. The van der Waals surface area contributed by atoms with Gasteiger partial charge < -0.3 is 0 Å². The first kappa shape index (κ1) is 15.0. The number of hydrogen-bond acceptors (Lipinski definition) is 3. The Hall–Kier alpha value is -1.91. The lowest BCUT2D eigenvalue weighted by Crippen LogP contribution is -2.30. The summed E-state index contributed by atoms with van der Waals surface area (Å²) in [6, 6.07) is 20.0. The molecule has 0 unspecified atom stereocenters. The Kier molecular flexibility index (Phi) is 4.71. The fraction of sp³-hybridized carbons (Fsp3) is 0.111. The second-order valence-electron chi connectivity index (χ2n) is 4.98. The number of rotatable bonds is 4. The van der Waals surface area contributed by atoms with Crippen LogP contribution in [0.4, 0.5) is 0 Å². The van der Waals surface area contributed by atoms with Crippen LogP contribution in [0.15, 0.2) is 65.6 Å². The molecule has 2 aromatic carbocycles. The van der Waals surface area contributed by atoms with Gasteiger partial charge in [-0.3, -0.25) is 9.69 Å². The van der Waals surface area contributed by atoms with E-state index >= 15 is 0 Å². The van der Waals surface area contributed by atoms with Crippen molar-refractivity contribution < 1.29 is 4.79 Å². The Labute approximate surface area is 139 Å². The SMILES string of the molecule is O=C1/C(=C\c2ccccc2)SC(=S)N1CCc1ccccc1. The number of carbonyl (C=O) groups is 1. The second-order valence-corrected chi connectivity index (χ2v) is 6.66. The maximum Gasteiger partial charge on any atom is 0.266 e. The van der Waals surface area contributed by atoms with Crippen molar-refractivity contribution in [3.05, 3.63) is 76.7 Å². The predicted molar refractivity (Wildman–Crippen MR) is 96.5 cm³/mol. The van der Waals surface area contributed by atoms with E-state index in [1.807, 2.05) is 54.6 Å². The molecule has 0 aromatic heterocycles. The van der Waals surface area contributed by atoms with Crippen LogP contribution in [0.3, 0.4) is 0 Å². The standard InChI is InChI=1S/C18H15NOS2/c20-17-16(13-15-9-5-2-6-10-15)22-18(21)19(17)12-11-14-7-3-1-4-8-14/h1-10,13H,11-12H2/b16-13+. The normalized spacial score (nSPS) is 16.5. The molecule has 2 nitrogen and oxygen atoms in total. The van der Waals surface area contributed by atoms with E-state index in [0.717, 1.165) is 12.0 Å². The van der Waals surface area contributed by atoms with Gasteiger partial charge in [0.1, 0.15) is 4.32 Å². The molecule has 2 aromatic rings. The van der Waals surface area contributed by atoms with Crippen molar-refractivity contribution in [2.45, 2.75) is 6.42 Å². The highest BCUT2D eigenvalue weighted by atomic mass is 32.2. The number of thiocarbonyl (C=S) groups is 1. The fourth-order valence-electron chi connectivity index (χ4n) is 2.28. The molecule has 1 fully saturated rings. The van der Waals surface area contributed by atoms with Gasteiger partial charge in [-0.2, -0.15) is 0 Å². The molecule has 0 spiro atoms. The quantitative estimate of drug-likeness (QED) is 0.623. The third kappa shape index (κ3) is 3.46. The largest absolute Gasteiger partial charge is 0.293 e. The fourth-order valence-corrected chi connectivity index (χ4v) is 3.59. The van der Waals surface area contributed by atoms with Gasteiger partial charge in [-0.1, -0.05) is 84.6 Å². The van der Waals surface area contributed by atoms with Crippen molar-refractivity contribution >= 4 is 40.3 Å². The first-order valence-electron chi connectivity index (χ1n) is 7.08. The molecular formula is C18H15NOS2. The minimum atomic E-state index is 0.00906. The van der Waals surface area contributed by atoms with Gasteiger partial charge in [0.05, 0.1) is 4.91 Å². The molecule has 1 heterocycles. The first-order valence-corrected chi connectivity index (χ1v) is 8.31. The van der Waals surface area contributed by atoms with E-state index in [1.165, 1.54) is 17.3 Å². The van der Waals surface area contributed by atoms with Crippen molar-refractivity contribution in [3.63, 3.8) is 0 Å². The summed E-state index contributed by atoms with van der Waals surface area (Å²) < 4.78 is 0.642. The molecule has 3 rings (SSSR count). The van der Waals surface area contributed by atoms with E-state index in [-0.39, 0.29) is 5.91 Å². The van der Waals surface area contributed by atoms with Crippen LogP contribution < -0.4 is 0 Å². The number of benzene rings is 2. The zero-order chi connectivity index (χ0) is 15.4. The molecule has 0 radical (unpaired) electrons. The van der Waals surface area contributed by atoms with Gasteiger partial charge in [0.2, 0.25) is 0 Å². The number of carbonyl (C=O) groups excluding carboxylic acids is 1. The van der Waals surface area contributed by atoms with E-state index in [2.05, 4.69) is 12.1 Å². The number of nitrogens with zero attached hydrogens (tertiary/aromatic N) is 1. The zero-order valence-corrected chi connectivity index (χ0v) is 13.6. The van der Waals surface area contributed by atoms with Crippen LogP contribution in [-0.2, 0) is 11.2 Å². The monoisotopic (exact) mass is 325 g/mol. The Bertz CT molecular complexity index is 710. The van der Waals surface area contributed by atoms with Crippen LogP contribution >= 0.6 is 24.0 Å².